The number of carbonyl (C=O) groups is 1. The van der Waals surface area contributed by atoms with Crippen molar-refractivity contribution in [2.75, 3.05) is 6.79 Å². The molecule has 0 saturated carbocycles. The van der Waals surface area contributed by atoms with Gasteiger partial charge in [0.05, 0.1) is 12.1 Å². The summed E-state index contributed by atoms with van der Waals surface area (Å²) in [5, 5.41) is 1.03. The molecule has 2 aromatic carbocycles. The molecule has 1 aromatic heterocycles. The molecular weight excluding hydrogens is 344 g/mol. The van der Waals surface area contributed by atoms with Crippen molar-refractivity contribution in [3.05, 3.63) is 59.7 Å². The summed E-state index contributed by atoms with van der Waals surface area (Å²) in [7, 11) is 0. The van der Waals surface area contributed by atoms with Crippen LogP contribution in [-0.2, 0) is 17.9 Å². The number of rotatable bonds is 2. The van der Waals surface area contributed by atoms with Crippen LogP contribution in [0.15, 0.2) is 48.5 Å². The van der Waals surface area contributed by atoms with Crippen molar-refractivity contribution in [1.82, 2.24) is 9.88 Å². The van der Waals surface area contributed by atoms with Gasteiger partial charge in [0.15, 0.2) is 17.6 Å². The van der Waals surface area contributed by atoms with E-state index in [9.17, 15) is 4.79 Å². The Bertz CT molecular complexity index is 1050. The topological polar surface area (TPSA) is 60.9 Å². The van der Waals surface area contributed by atoms with Crippen LogP contribution in [0.1, 0.15) is 18.1 Å². The molecule has 6 heteroatoms. The van der Waals surface area contributed by atoms with Crippen molar-refractivity contribution in [3.63, 3.8) is 0 Å². The lowest BCUT2D eigenvalue weighted by atomic mass is 10.1. The second-order valence-corrected chi connectivity index (χ2v) is 6.79. The van der Waals surface area contributed by atoms with Crippen LogP contribution in [0.3, 0.4) is 0 Å². The molecule has 1 atom stereocenters. The molecule has 1 amide bonds. The minimum Gasteiger partial charge on any atom is -0.464 e. The average molecular weight is 362 g/mol. The van der Waals surface area contributed by atoms with E-state index in [0.29, 0.717) is 24.7 Å². The number of pyridine rings is 1. The van der Waals surface area contributed by atoms with Crippen LogP contribution < -0.4 is 14.2 Å². The van der Waals surface area contributed by atoms with Gasteiger partial charge in [0.1, 0.15) is 0 Å². The van der Waals surface area contributed by atoms with E-state index in [0.717, 1.165) is 27.8 Å². The molecule has 0 fully saturated rings. The van der Waals surface area contributed by atoms with Gasteiger partial charge in [-0.15, -0.1) is 0 Å². The molecule has 3 heterocycles. The number of ether oxygens (including phenoxy) is 3. The summed E-state index contributed by atoms with van der Waals surface area (Å²) >= 11 is 0. The number of carbonyl (C=O) groups excluding carboxylic acids is 1. The van der Waals surface area contributed by atoms with Crippen LogP contribution in [0.5, 0.6) is 17.4 Å². The van der Waals surface area contributed by atoms with Gasteiger partial charge in [-0.3, -0.25) is 4.79 Å². The number of hydrogen-bond acceptors (Lipinski definition) is 5. The molecule has 0 spiro atoms. The van der Waals surface area contributed by atoms with E-state index in [4.69, 9.17) is 14.2 Å². The zero-order chi connectivity index (χ0) is 18.4. The van der Waals surface area contributed by atoms with Crippen molar-refractivity contribution in [2.24, 2.45) is 0 Å². The fraction of sp³-hybridized carbons (Fsp3) is 0.238. The van der Waals surface area contributed by atoms with Crippen LogP contribution in [0, 0.1) is 0 Å². The third-order valence-corrected chi connectivity index (χ3v) is 4.88. The zero-order valence-corrected chi connectivity index (χ0v) is 14.8. The van der Waals surface area contributed by atoms with Crippen LogP contribution in [0.2, 0.25) is 0 Å². The van der Waals surface area contributed by atoms with Gasteiger partial charge in [0.2, 0.25) is 12.7 Å². The Morgan fingerprint density at radius 3 is 2.89 bits per heavy atom. The van der Waals surface area contributed by atoms with Gasteiger partial charge >= 0.3 is 0 Å². The Labute approximate surface area is 156 Å². The molecule has 136 valence electrons. The van der Waals surface area contributed by atoms with Gasteiger partial charge in [-0.2, -0.15) is 0 Å². The lowest BCUT2D eigenvalue weighted by Crippen LogP contribution is -2.37. The van der Waals surface area contributed by atoms with E-state index in [1.807, 2.05) is 42.5 Å². The highest BCUT2D eigenvalue weighted by molar-refractivity contribution is 5.83. The van der Waals surface area contributed by atoms with Crippen molar-refractivity contribution in [1.29, 1.82) is 0 Å². The smallest absolute Gasteiger partial charge is 0.264 e. The number of fused-ring (bicyclic) bond motifs is 3. The molecule has 0 saturated heterocycles. The summed E-state index contributed by atoms with van der Waals surface area (Å²) in [6.07, 6.45) is -0.589. The van der Waals surface area contributed by atoms with Gasteiger partial charge < -0.3 is 19.1 Å². The molecule has 27 heavy (non-hydrogen) atoms. The SMILES string of the molecule is C[C@H]1Oc2nc3ccccc3cc2CN(Cc2ccc3c(c2)OCO3)C1=O. The summed E-state index contributed by atoms with van der Waals surface area (Å²) in [5.41, 5.74) is 2.75. The third kappa shape index (κ3) is 2.83. The molecule has 0 radical (unpaired) electrons. The molecule has 2 aliphatic heterocycles. The Kier molecular flexibility index (Phi) is 3.63. The van der Waals surface area contributed by atoms with Crippen LogP contribution >= 0.6 is 0 Å². The highest BCUT2D eigenvalue weighted by Crippen LogP contribution is 2.34. The van der Waals surface area contributed by atoms with E-state index in [2.05, 4.69) is 11.1 Å². The molecule has 5 rings (SSSR count). The molecule has 3 aromatic rings. The van der Waals surface area contributed by atoms with Crippen LogP contribution in [0.4, 0.5) is 0 Å². The van der Waals surface area contributed by atoms with E-state index >= 15 is 0 Å². The Morgan fingerprint density at radius 2 is 1.96 bits per heavy atom. The molecule has 2 aliphatic rings. The minimum atomic E-state index is -0.589. The lowest BCUT2D eigenvalue weighted by molar-refractivity contribution is -0.138. The molecule has 0 aliphatic carbocycles. The first-order valence-electron chi connectivity index (χ1n) is 8.90. The van der Waals surface area contributed by atoms with Gasteiger partial charge in [0.25, 0.3) is 5.91 Å². The summed E-state index contributed by atoms with van der Waals surface area (Å²) in [6.45, 7) is 2.92. The Morgan fingerprint density at radius 1 is 1.11 bits per heavy atom. The third-order valence-electron chi connectivity index (χ3n) is 4.88. The van der Waals surface area contributed by atoms with Gasteiger partial charge in [-0.25, -0.2) is 4.98 Å². The van der Waals surface area contributed by atoms with Crippen molar-refractivity contribution in [3.8, 4) is 17.4 Å². The van der Waals surface area contributed by atoms with Crippen molar-refractivity contribution in [2.45, 2.75) is 26.1 Å². The summed E-state index contributed by atoms with van der Waals surface area (Å²) in [4.78, 5) is 19.3. The quantitative estimate of drug-likeness (QED) is 0.700. The standard InChI is InChI=1S/C21H18N2O4/c1-13-21(24)23(10-14-6-7-18-19(8-14)26-12-25-18)11-16-9-15-4-2-3-5-17(15)22-20(16)27-13/h2-9,13H,10-12H2,1H3/t13-/m1/s1. The first-order chi connectivity index (χ1) is 13.2. The second kappa shape index (κ2) is 6.16. The van der Waals surface area contributed by atoms with Crippen molar-refractivity contribution < 1.29 is 19.0 Å². The fourth-order valence-electron chi connectivity index (χ4n) is 3.51. The Hall–Kier alpha value is -3.28. The first kappa shape index (κ1) is 15.9. The number of aromatic nitrogens is 1. The number of nitrogens with zero attached hydrogens (tertiary/aromatic N) is 2. The summed E-state index contributed by atoms with van der Waals surface area (Å²) in [6, 6.07) is 15.7. The summed E-state index contributed by atoms with van der Waals surface area (Å²) < 4.78 is 16.7. The maximum absolute atomic E-state index is 12.9. The highest BCUT2D eigenvalue weighted by atomic mass is 16.7. The van der Waals surface area contributed by atoms with Gasteiger partial charge in [-0.1, -0.05) is 24.3 Å². The largest absolute Gasteiger partial charge is 0.464 e. The molecule has 0 bridgehead atoms. The maximum atomic E-state index is 12.9. The van der Waals surface area contributed by atoms with Crippen LogP contribution in [-0.4, -0.2) is 28.7 Å². The minimum absolute atomic E-state index is 0.0604. The normalized spacial score (nSPS) is 18.2. The number of hydrogen-bond donors (Lipinski definition) is 0. The number of amides is 1. The van der Waals surface area contributed by atoms with E-state index in [-0.39, 0.29) is 12.7 Å². The number of benzene rings is 2. The monoisotopic (exact) mass is 362 g/mol. The van der Waals surface area contributed by atoms with Crippen molar-refractivity contribution >= 4 is 16.8 Å². The molecule has 6 nitrogen and oxygen atoms in total. The second-order valence-electron chi connectivity index (χ2n) is 6.79. The van der Waals surface area contributed by atoms with Gasteiger partial charge in [0, 0.05) is 17.5 Å². The fourth-order valence-corrected chi connectivity index (χ4v) is 3.51. The summed E-state index contributed by atoms with van der Waals surface area (Å²) in [5.74, 6) is 1.92. The zero-order valence-electron chi connectivity index (χ0n) is 14.8. The molecular formula is C21H18N2O4. The predicted molar refractivity (Wildman–Crippen MR) is 98.7 cm³/mol. The molecule has 0 N–H and O–H groups in total. The van der Waals surface area contributed by atoms with E-state index < -0.39 is 6.10 Å². The highest BCUT2D eigenvalue weighted by Gasteiger charge is 2.29. The number of para-hydroxylation sites is 1. The Balaban J connectivity index is 1.49. The average Bonchev–Trinajstić information content (AvgIpc) is 3.11. The lowest BCUT2D eigenvalue weighted by Gasteiger charge is -2.22. The van der Waals surface area contributed by atoms with Gasteiger partial charge in [-0.05, 0) is 36.8 Å². The van der Waals surface area contributed by atoms with E-state index in [1.54, 1.807) is 11.8 Å². The van der Waals surface area contributed by atoms with Crippen LogP contribution in [0.25, 0.3) is 10.9 Å². The van der Waals surface area contributed by atoms with E-state index in [1.165, 1.54) is 0 Å². The first-order valence-corrected chi connectivity index (χ1v) is 8.90. The predicted octanol–water partition coefficient (Wildman–Crippen LogP) is 3.27. The molecule has 0 unspecified atom stereocenters. The maximum Gasteiger partial charge on any atom is 0.264 e.